The highest BCUT2D eigenvalue weighted by molar-refractivity contribution is 5.60. The highest BCUT2D eigenvalue weighted by Crippen LogP contribution is 2.17. The highest BCUT2D eigenvalue weighted by Gasteiger charge is 2.05. The van der Waals surface area contributed by atoms with Crippen molar-refractivity contribution in [3.05, 3.63) is 55.1 Å². The number of benzene rings is 1. The van der Waals surface area contributed by atoms with Gasteiger partial charge in [0.15, 0.2) is 5.82 Å². The Bertz CT molecular complexity index is 660. The molecule has 3 aromatic rings. The summed E-state index contributed by atoms with van der Waals surface area (Å²) in [5.41, 5.74) is 8.27. The maximum absolute atomic E-state index is 5.74. The van der Waals surface area contributed by atoms with Crippen LogP contribution in [-0.4, -0.2) is 19.7 Å². The van der Waals surface area contributed by atoms with Gasteiger partial charge in [-0.2, -0.15) is 0 Å². The second kappa shape index (κ2) is 4.29. The van der Waals surface area contributed by atoms with Gasteiger partial charge in [0.05, 0.1) is 5.69 Å². The number of hydrogen-bond acceptors (Lipinski definition) is 4. The fourth-order valence-electron chi connectivity index (χ4n) is 1.69. The van der Waals surface area contributed by atoms with E-state index in [0.29, 0.717) is 11.5 Å². The molecule has 0 radical (unpaired) electrons. The number of nitrogens with two attached hydrogens (primary N) is 1. The number of nitrogens with zero attached hydrogens (tertiary/aromatic N) is 4. The molecule has 0 bridgehead atoms. The van der Waals surface area contributed by atoms with Crippen LogP contribution >= 0.6 is 0 Å². The summed E-state index contributed by atoms with van der Waals surface area (Å²) >= 11 is 0. The third-order valence-corrected chi connectivity index (χ3v) is 2.56. The van der Waals surface area contributed by atoms with E-state index < -0.39 is 0 Å². The number of pyridine rings is 1. The summed E-state index contributed by atoms with van der Waals surface area (Å²) in [6, 6.07) is 11.3. The van der Waals surface area contributed by atoms with Crippen molar-refractivity contribution in [2.45, 2.75) is 0 Å². The molecule has 3 rings (SSSR count). The van der Waals surface area contributed by atoms with Gasteiger partial charge in [-0.1, -0.05) is 12.1 Å². The van der Waals surface area contributed by atoms with Gasteiger partial charge < -0.3 is 5.73 Å². The molecule has 88 valence electrons. The van der Waals surface area contributed by atoms with Crippen molar-refractivity contribution >= 4 is 5.69 Å². The zero-order valence-electron chi connectivity index (χ0n) is 9.56. The van der Waals surface area contributed by atoms with Crippen LogP contribution in [0.5, 0.6) is 0 Å². The molecule has 0 fully saturated rings. The Balaban J connectivity index is 2.00. The predicted molar refractivity (Wildman–Crippen MR) is 69.0 cm³/mol. The molecule has 0 aliphatic heterocycles. The fourth-order valence-corrected chi connectivity index (χ4v) is 1.69. The van der Waals surface area contributed by atoms with Crippen LogP contribution in [0.2, 0.25) is 0 Å². The van der Waals surface area contributed by atoms with Crippen LogP contribution in [0.4, 0.5) is 5.69 Å². The van der Waals surface area contributed by atoms with Gasteiger partial charge in [0.1, 0.15) is 6.33 Å². The minimum absolute atomic E-state index is 0.652. The molecule has 0 spiro atoms. The van der Waals surface area contributed by atoms with E-state index in [1.165, 1.54) is 0 Å². The van der Waals surface area contributed by atoms with Crippen LogP contribution < -0.4 is 5.73 Å². The van der Waals surface area contributed by atoms with E-state index in [1.54, 1.807) is 23.4 Å². The SMILES string of the molecule is Nc1cccc(-c2ncn(-c3ccncc3)n2)c1. The molecule has 0 unspecified atom stereocenters. The normalized spacial score (nSPS) is 10.4. The van der Waals surface area contributed by atoms with E-state index in [0.717, 1.165) is 11.3 Å². The minimum atomic E-state index is 0.652. The number of rotatable bonds is 2. The Morgan fingerprint density at radius 1 is 1.06 bits per heavy atom. The van der Waals surface area contributed by atoms with Crippen LogP contribution in [-0.2, 0) is 0 Å². The molecule has 5 nitrogen and oxygen atoms in total. The molecular formula is C13H11N5. The van der Waals surface area contributed by atoms with E-state index in [9.17, 15) is 0 Å². The first kappa shape index (κ1) is 10.5. The van der Waals surface area contributed by atoms with E-state index >= 15 is 0 Å². The van der Waals surface area contributed by atoms with Crippen LogP contribution in [0.25, 0.3) is 17.1 Å². The average Bonchev–Trinajstić information content (AvgIpc) is 2.89. The molecule has 2 aromatic heterocycles. The molecule has 0 atom stereocenters. The molecule has 2 N–H and O–H groups in total. The molecule has 0 saturated heterocycles. The summed E-state index contributed by atoms with van der Waals surface area (Å²) in [4.78, 5) is 8.25. The third kappa shape index (κ3) is 1.93. The zero-order chi connectivity index (χ0) is 12.4. The van der Waals surface area contributed by atoms with Crippen LogP contribution in [0.3, 0.4) is 0 Å². The Morgan fingerprint density at radius 2 is 1.89 bits per heavy atom. The van der Waals surface area contributed by atoms with Gasteiger partial charge in [-0.25, -0.2) is 9.67 Å². The van der Waals surface area contributed by atoms with Gasteiger partial charge >= 0.3 is 0 Å². The average molecular weight is 237 g/mol. The van der Waals surface area contributed by atoms with E-state index in [-0.39, 0.29) is 0 Å². The largest absolute Gasteiger partial charge is 0.399 e. The van der Waals surface area contributed by atoms with Crippen molar-refractivity contribution in [2.24, 2.45) is 0 Å². The first-order valence-corrected chi connectivity index (χ1v) is 5.51. The number of hydrogen-bond donors (Lipinski definition) is 1. The summed E-state index contributed by atoms with van der Waals surface area (Å²) in [6.07, 6.45) is 5.11. The van der Waals surface area contributed by atoms with Gasteiger partial charge in [-0.05, 0) is 24.3 Å². The summed E-state index contributed by atoms with van der Waals surface area (Å²) in [5.74, 6) is 0.652. The molecular weight excluding hydrogens is 226 g/mol. The molecule has 0 aliphatic carbocycles. The van der Waals surface area contributed by atoms with Crippen molar-refractivity contribution < 1.29 is 0 Å². The lowest BCUT2D eigenvalue weighted by Gasteiger charge is -1.99. The molecule has 0 saturated carbocycles. The van der Waals surface area contributed by atoms with Crippen LogP contribution in [0.1, 0.15) is 0 Å². The topological polar surface area (TPSA) is 69.6 Å². The quantitative estimate of drug-likeness (QED) is 0.691. The second-order valence-corrected chi connectivity index (χ2v) is 3.84. The van der Waals surface area contributed by atoms with Crippen molar-refractivity contribution in [1.29, 1.82) is 0 Å². The first-order chi connectivity index (χ1) is 8.83. The lowest BCUT2D eigenvalue weighted by Crippen LogP contribution is -1.94. The van der Waals surface area contributed by atoms with Gasteiger partial charge in [-0.15, -0.1) is 5.10 Å². The molecule has 18 heavy (non-hydrogen) atoms. The molecule has 5 heteroatoms. The maximum atomic E-state index is 5.74. The number of aromatic nitrogens is 4. The highest BCUT2D eigenvalue weighted by atomic mass is 15.3. The number of anilines is 1. The standard InChI is InChI=1S/C13H11N5/c14-11-3-1-2-10(8-11)13-16-9-18(17-13)12-4-6-15-7-5-12/h1-9H,14H2. The molecule has 2 heterocycles. The molecule has 0 aliphatic rings. The summed E-state index contributed by atoms with van der Waals surface area (Å²) in [7, 11) is 0. The minimum Gasteiger partial charge on any atom is -0.399 e. The van der Waals surface area contributed by atoms with E-state index in [1.807, 2.05) is 36.4 Å². The second-order valence-electron chi connectivity index (χ2n) is 3.84. The Kier molecular flexibility index (Phi) is 2.49. The summed E-state index contributed by atoms with van der Waals surface area (Å²) in [5, 5.41) is 4.41. The van der Waals surface area contributed by atoms with Gasteiger partial charge in [0, 0.05) is 23.6 Å². The van der Waals surface area contributed by atoms with Crippen molar-refractivity contribution in [2.75, 3.05) is 5.73 Å². The Hall–Kier alpha value is -2.69. The van der Waals surface area contributed by atoms with E-state index in [4.69, 9.17) is 5.73 Å². The van der Waals surface area contributed by atoms with Crippen molar-refractivity contribution in [1.82, 2.24) is 19.7 Å². The lowest BCUT2D eigenvalue weighted by atomic mass is 10.2. The predicted octanol–water partition coefficient (Wildman–Crippen LogP) is 1.91. The van der Waals surface area contributed by atoms with E-state index in [2.05, 4.69) is 15.1 Å². The number of nitrogen functional groups attached to an aromatic ring is 1. The van der Waals surface area contributed by atoms with Crippen molar-refractivity contribution in [3.8, 4) is 17.1 Å². The van der Waals surface area contributed by atoms with Crippen LogP contribution in [0.15, 0.2) is 55.1 Å². The molecule has 1 aromatic carbocycles. The molecule has 0 amide bonds. The Morgan fingerprint density at radius 3 is 2.67 bits per heavy atom. The monoisotopic (exact) mass is 237 g/mol. The Labute approximate surface area is 104 Å². The third-order valence-electron chi connectivity index (χ3n) is 2.56. The van der Waals surface area contributed by atoms with Gasteiger partial charge in [0.2, 0.25) is 0 Å². The fraction of sp³-hybridized carbons (Fsp3) is 0. The van der Waals surface area contributed by atoms with Gasteiger partial charge in [0.25, 0.3) is 0 Å². The first-order valence-electron chi connectivity index (χ1n) is 5.51. The van der Waals surface area contributed by atoms with Crippen LogP contribution in [0, 0.1) is 0 Å². The smallest absolute Gasteiger partial charge is 0.181 e. The van der Waals surface area contributed by atoms with Crippen molar-refractivity contribution in [3.63, 3.8) is 0 Å². The maximum Gasteiger partial charge on any atom is 0.181 e. The lowest BCUT2D eigenvalue weighted by molar-refractivity contribution is 0.879. The summed E-state index contributed by atoms with van der Waals surface area (Å²) in [6.45, 7) is 0. The van der Waals surface area contributed by atoms with Gasteiger partial charge in [-0.3, -0.25) is 4.98 Å². The zero-order valence-corrected chi connectivity index (χ0v) is 9.56. The summed E-state index contributed by atoms with van der Waals surface area (Å²) < 4.78 is 1.71.